The molecule has 0 saturated heterocycles. The van der Waals surface area contributed by atoms with Crippen molar-refractivity contribution in [1.82, 2.24) is 9.55 Å². The first kappa shape index (κ1) is 44.1. The van der Waals surface area contributed by atoms with Crippen LogP contribution in [0.5, 0.6) is 23.0 Å². The lowest BCUT2D eigenvalue weighted by atomic mass is 9.66. The summed E-state index contributed by atoms with van der Waals surface area (Å²) in [5, 5.41) is 0.679. The monoisotopic (exact) mass is 1160 g/mol. The molecule has 0 atom stereocenters. The van der Waals surface area contributed by atoms with Crippen molar-refractivity contribution in [2.45, 2.75) is 71.5 Å². The van der Waals surface area contributed by atoms with Crippen molar-refractivity contribution in [3.8, 4) is 73.3 Å². The fourth-order valence-electron chi connectivity index (χ4n) is 13.9. The summed E-state index contributed by atoms with van der Waals surface area (Å²) < 4.78 is 102. The van der Waals surface area contributed by atoms with E-state index >= 15 is 0 Å². The van der Waals surface area contributed by atoms with Gasteiger partial charge in [0.15, 0.2) is 0 Å². The molecule has 2 aliphatic heterocycles. The Bertz CT molecular complexity index is 5450. The maximum atomic E-state index is 9.30. The van der Waals surface area contributed by atoms with E-state index in [1.807, 2.05) is 30.3 Å². The number of para-hydroxylation sites is 6. The highest BCUT2D eigenvalue weighted by molar-refractivity contribution is 6.09. The van der Waals surface area contributed by atoms with E-state index in [4.69, 9.17) is 25.4 Å². The van der Waals surface area contributed by atoms with E-state index < -0.39 is 31.2 Å². The molecule has 3 aliphatic rings. The van der Waals surface area contributed by atoms with Crippen molar-refractivity contribution in [1.29, 1.82) is 0 Å². The molecule has 6 nitrogen and oxygen atoms in total. The van der Waals surface area contributed by atoms with Gasteiger partial charge in [0.05, 0.1) is 39.0 Å². The quantitative estimate of drug-likeness (QED) is 0.152. The minimum absolute atomic E-state index is 0.0362. The Hall–Kier alpha value is -10.4. The molecule has 0 saturated carbocycles. The van der Waals surface area contributed by atoms with Crippen LogP contribution >= 0.6 is 0 Å². The van der Waals surface area contributed by atoms with Gasteiger partial charge in [0.1, 0.15) is 35.5 Å². The number of ether oxygens (including phenoxy) is 2. The largest absolute Gasteiger partial charge is 0.457 e. The first-order valence-corrected chi connectivity index (χ1v) is 30.3. The highest BCUT2D eigenvalue weighted by atomic mass is 16.5. The third-order valence-corrected chi connectivity index (χ3v) is 18.2. The standard InChI is InChI=1S/C83H68N4O2/c1-52-22-19-23-54(42-52)68-50-84-79(43-53(68)2)87-73-33-14-10-27-66(73)67-41-39-61(49-76(67)87)88-60-25-20-24-59(48-60)85-51-86(75-35-16-15-34-74(75)85)80-62(28-21-29-63(80)56-44-57(81(3,4)5)47-58(45-56)82(6,7)8)55-38-40-65-64-26-9-11-30-69(64)83(72(65)46-55)70-31-12-17-36-77(70)89-78-37-18-13-32-71(78)83/h9-50H,51H2,1-8H3/i1D3,2D3,10D,14D,27D,33D. The lowest BCUT2D eigenvalue weighted by Crippen LogP contribution is -2.32. The molecule has 11 aromatic carbocycles. The number of hydrogen-bond acceptors (Lipinski definition) is 5. The average molecular weight is 1160 g/mol. The van der Waals surface area contributed by atoms with Gasteiger partial charge in [-0.1, -0.05) is 217 Å². The Balaban J connectivity index is 0.833. The van der Waals surface area contributed by atoms with Crippen LogP contribution in [0.4, 0.5) is 22.7 Å². The summed E-state index contributed by atoms with van der Waals surface area (Å²) in [6.07, 6.45) is 1.38. The van der Waals surface area contributed by atoms with Gasteiger partial charge in [-0.15, -0.1) is 0 Å². The van der Waals surface area contributed by atoms with Crippen LogP contribution in [0.15, 0.2) is 255 Å². The SMILES string of the molecule is [2H]c1c([2H])c([2H])c2c(c1[2H])c1ccc(Oc3cccc(N4CN(c5c(-c6cc(C(C)(C)C)cc(C(C)(C)C)c6)cccc5-c5ccc6c(c5)C5(c7ccccc7Oc7ccccc75)c5ccccc5-6)c5ccccc54)c3)cc1n2-c1cc(C([2H])([2H])[2H])c(-c2cccc(C([2H])([2H])[2H])c2)cn1. The number of fused-ring (bicyclic) bond motifs is 13. The smallest absolute Gasteiger partial charge is 0.137 e. The highest BCUT2D eigenvalue weighted by Crippen LogP contribution is 2.63. The van der Waals surface area contributed by atoms with Gasteiger partial charge in [0, 0.05) is 70.8 Å². The Kier molecular flexibility index (Phi) is 10.1. The predicted octanol–water partition coefficient (Wildman–Crippen LogP) is 21.9. The Morgan fingerprint density at radius 1 is 0.483 bits per heavy atom. The number of hydrogen-bond donors (Lipinski definition) is 0. The van der Waals surface area contributed by atoms with Crippen LogP contribution < -0.4 is 19.3 Å². The molecule has 432 valence electrons. The van der Waals surface area contributed by atoms with Gasteiger partial charge in [0.25, 0.3) is 0 Å². The van der Waals surface area contributed by atoms with Crippen molar-refractivity contribution in [2.75, 3.05) is 16.5 Å². The first-order valence-electron chi connectivity index (χ1n) is 35.3. The second-order valence-electron chi connectivity index (χ2n) is 25.6. The van der Waals surface area contributed by atoms with Gasteiger partial charge in [-0.25, -0.2) is 4.98 Å². The summed E-state index contributed by atoms with van der Waals surface area (Å²) in [6.45, 7) is 8.92. The molecule has 0 fully saturated rings. The molecule has 0 radical (unpaired) electrons. The van der Waals surface area contributed by atoms with Gasteiger partial charge >= 0.3 is 0 Å². The summed E-state index contributed by atoms with van der Waals surface area (Å²) in [5.41, 5.74) is 17.6. The topological polar surface area (TPSA) is 42.8 Å². The van der Waals surface area contributed by atoms with Crippen LogP contribution in [-0.2, 0) is 16.2 Å². The van der Waals surface area contributed by atoms with E-state index in [0.717, 1.165) is 67.6 Å². The second-order valence-corrected chi connectivity index (χ2v) is 25.6. The van der Waals surface area contributed by atoms with Crippen molar-refractivity contribution in [2.24, 2.45) is 0 Å². The summed E-state index contributed by atoms with van der Waals surface area (Å²) >= 11 is 0. The zero-order valence-corrected chi connectivity index (χ0v) is 50.3. The van der Waals surface area contributed by atoms with Crippen LogP contribution in [0.3, 0.4) is 0 Å². The molecule has 0 bridgehead atoms. The maximum absolute atomic E-state index is 9.30. The summed E-state index contributed by atoms with van der Waals surface area (Å²) in [6, 6.07) is 74.3. The maximum Gasteiger partial charge on any atom is 0.137 e. The van der Waals surface area contributed by atoms with Crippen molar-refractivity contribution in [3.05, 3.63) is 299 Å². The fourth-order valence-corrected chi connectivity index (χ4v) is 13.9. The normalized spacial score (nSPS) is 15.6. The molecule has 0 amide bonds. The zero-order valence-electron chi connectivity index (χ0n) is 60.3. The molecule has 89 heavy (non-hydrogen) atoms. The van der Waals surface area contributed by atoms with Gasteiger partial charge < -0.3 is 19.3 Å². The van der Waals surface area contributed by atoms with Gasteiger partial charge in [-0.05, 0) is 147 Å². The summed E-state index contributed by atoms with van der Waals surface area (Å²) in [5.74, 6) is 2.60. The van der Waals surface area contributed by atoms with Crippen molar-refractivity contribution in [3.63, 3.8) is 0 Å². The van der Waals surface area contributed by atoms with E-state index in [1.54, 1.807) is 34.9 Å². The number of benzene rings is 11. The van der Waals surface area contributed by atoms with Crippen LogP contribution in [0, 0.1) is 13.7 Å². The van der Waals surface area contributed by atoms with Crippen LogP contribution in [-0.4, -0.2) is 16.2 Å². The molecule has 1 aliphatic carbocycles. The van der Waals surface area contributed by atoms with Crippen LogP contribution in [0.25, 0.3) is 72.1 Å². The molecule has 0 N–H and O–H groups in total. The molecule has 6 heteroatoms. The van der Waals surface area contributed by atoms with E-state index in [2.05, 4.69) is 197 Å². The molecule has 2 aromatic heterocycles. The first-order chi connectivity index (χ1) is 47.3. The highest BCUT2D eigenvalue weighted by Gasteiger charge is 2.51. The fraction of sp³-hybridized carbons (Fsp3) is 0.145. The Morgan fingerprint density at radius 2 is 1.12 bits per heavy atom. The molecular weight excluding hydrogens is 1080 g/mol. The Labute approximate surface area is 535 Å². The van der Waals surface area contributed by atoms with Gasteiger partial charge in [-0.2, -0.15) is 0 Å². The molecule has 4 heterocycles. The number of aromatic nitrogens is 2. The van der Waals surface area contributed by atoms with Crippen LogP contribution in [0.1, 0.15) is 99.8 Å². The minimum atomic E-state index is -2.72. The van der Waals surface area contributed by atoms with Crippen molar-refractivity contribution < 1.29 is 23.2 Å². The average Bonchev–Trinajstić information content (AvgIpc) is 1.56. The van der Waals surface area contributed by atoms with E-state index in [-0.39, 0.29) is 56.3 Å². The van der Waals surface area contributed by atoms with E-state index in [1.165, 1.54) is 57.8 Å². The van der Waals surface area contributed by atoms with Crippen molar-refractivity contribution >= 4 is 44.6 Å². The predicted molar refractivity (Wildman–Crippen MR) is 368 cm³/mol. The molecule has 13 aromatic rings. The molecule has 0 unspecified atom stereocenters. The van der Waals surface area contributed by atoms with Gasteiger partial charge in [0.2, 0.25) is 0 Å². The number of pyridine rings is 1. The number of aryl methyl sites for hydroxylation is 2. The third-order valence-electron chi connectivity index (χ3n) is 18.2. The second kappa shape index (κ2) is 20.3. The number of nitrogens with zero attached hydrogens (tertiary/aromatic N) is 4. The summed E-state index contributed by atoms with van der Waals surface area (Å²) in [4.78, 5) is 9.55. The third kappa shape index (κ3) is 8.71. The molecule has 1 spiro atoms. The Morgan fingerprint density at radius 3 is 1.88 bits per heavy atom. The number of anilines is 4. The number of rotatable bonds is 8. The minimum Gasteiger partial charge on any atom is -0.457 e. The summed E-state index contributed by atoms with van der Waals surface area (Å²) in [7, 11) is 0. The van der Waals surface area contributed by atoms with E-state index in [9.17, 15) is 2.74 Å². The molecular formula is C83H68N4O2. The van der Waals surface area contributed by atoms with Crippen LogP contribution in [0.2, 0.25) is 0 Å². The molecule has 16 rings (SSSR count). The lowest BCUT2D eigenvalue weighted by molar-refractivity contribution is 0.436. The van der Waals surface area contributed by atoms with Gasteiger partial charge in [-0.3, -0.25) is 4.57 Å². The lowest BCUT2D eigenvalue weighted by Gasteiger charge is -2.39. The zero-order chi connectivity index (χ0) is 69.0. The van der Waals surface area contributed by atoms with E-state index in [0.29, 0.717) is 34.6 Å².